The van der Waals surface area contributed by atoms with Crippen molar-refractivity contribution in [2.75, 3.05) is 7.11 Å². The van der Waals surface area contributed by atoms with Crippen LogP contribution in [0.4, 0.5) is 0 Å². The molecule has 2 rings (SSSR count). The second-order valence-electron chi connectivity index (χ2n) is 4.89. The molecule has 2 aromatic rings. The van der Waals surface area contributed by atoms with E-state index in [9.17, 15) is 14.7 Å². The zero-order valence-electron chi connectivity index (χ0n) is 12.4. The van der Waals surface area contributed by atoms with Crippen LogP contribution in [0, 0.1) is 0 Å². The highest BCUT2D eigenvalue weighted by Crippen LogP contribution is 2.20. The fourth-order valence-corrected chi connectivity index (χ4v) is 2.25. The summed E-state index contributed by atoms with van der Waals surface area (Å²) >= 11 is 5.83. The largest absolute Gasteiger partial charge is 0.550 e. The molecule has 23 heavy (non-hydrogen) atoms. The van der Waals surface area contributed by atoms with Gasteiger partial charge in [-0.15, -0.1) is 0 Å². The Balaban J connectivity index is 2.21. The van der Waals surface area contributed by atoms with Gasteiger partial charge in [-0.2, -0.15) is 0 Å². The molecule has 1 atom stereocenters. The minimum Gasteiger partial charge on any atom is -0.550 e. The zero-order chi connectivity index (χ0) is 16.8. The second-order valence-corrected chi connectivity index (χ2v) is 5.32. The number of carbonyl (C=O) groups excluding carboxylic acids is 2. The van der Waals surface area contributed by atoms with Crippen molar-refractivity contribution in [1.82, 2.24) is 5.32 Å². The second kappa shape index (κ2) is 7.65. The van der Waals surface area contributed by atoms with E-state index in [1.54, 1.807) is 48.5 Å². The molecule has 0 fully saturated rings. The molecule has 120 valence electrons. The van der Waals surface area contributed by atoms with Gasteiger partial charge in [0.05, 0.1) is 13.2 Å². The van der Waals surface area contributed by atoms with Gasteiger partial charge >= 0.3 is 0 Å². The van der Waals surface area contributed by atoms with Crippen LogP contribution in [0.3, 0.4) is 0 Å². The summed E-state index contributed by atoms with van der Waals surface area (Å²) in [6, 6.07) is 12.5. The van der Waals surface area contributed by atoms with E-state index in [1.165, 1.54) is 7.11 Å². The molecule has 0 heterocycles. The molecule has 5 nitrogen and oxygen atoms in total. The first-order valence-electron chi connectivity index (χ1n) is 6.90. The number of ether oxygens (including phenoxy) is 1. The molecular formula is C17H15ClNO4-. The predicted octanol–water partition coefficient (Wildman–Crippen LogP) is 1.96. The molecule has 6 heteroatoms. The first kappa shape index (κ1) is 16.8. The van der Waals surface area contributed by atoms with Gasteiger partial charge in [-0.25, -0.2) is 0 Å². The molecule has 0 aliphatic rings. The van der Waals surface area contributed by atoms with Crippen LogP contribution >= 0.6 is 11.6 Å². The Bertz CT molecular complexity index is 700. The average Bonchev–Trinajstić information content (AvgIpc) is 2.54. The van der Waals surface area contributed by atoms with Crippen LogP contribution in [-0.4, -0.2) is 19.0 Å². The molecule has 0 bridgehead atoms. The number of halogens is 1. The van der Waals surface area contributed by atoms with Gasteiger partial charge in [0, 0.05) is 23.0 Å². The number of carboxylic acid groups (broad SMARTS) is 1. The number of benzene rings is 2. The molecule has 0 spiro atoms. The van der Waals surface area contributed by atoms with E-state index in [0.717, 1.165) is 0 Å². The van der Waals surface area contributed by atoms with Gasteiger partial charge in [0.2, 0.25) is 0 Å². The van der Waals surface area contributed by atoms with E-state index in [4.69, 9.17) is 16.3 Å². The van der Waals surface area contributed by atoms with Crippen molar-refractivity contribution in [3.05, 3.63) is 64.7 Å². The molecule has 0 saturated heterocycles. The van der Waals surface area contributed by atoms with Gasteiger partial charge in [0.15, 0.2) is 0 Å². The summed E-state index contributed by atoms with van der Waals surface area (Å²) in [4.78, 5) is 23.3. The summed E-state index contributed by atoms with van der Waals surface area (Å²) in [7, 11) is 1.50. The van der Waals surface area contributed by atoms with Crippen LogP contribution in [0.5, 0.6) is 5.75 Å². The Morgan fingerprint density at radius 2 is 1.91 bits per heavy atom. The summed E-state index contributed by atoms with van der Waals surface area (Å²) in [6.45, 7) is 0. The van der Waals surface area contributed by atoms with Crippen molar-refractivity contribution in [1.29, 1.82) is 0 Å². The lowest BCUT2D eigenvalue weighted by molar-refractivity contribution is -0.306. The van der Waals surface area contributed by atoms with E-state index in [2.05, 4.69) is 5.32 Å². The van der Waals surface area contributed by atoms with Crippen LogP contribution in [0.25, 0.3) is 0 Å². The minimum absolute atomic E-state index is 0.336. The summed E-state index contributed by atoms with van der Waals surface area (Å²) in [5, 5.41) is 14.2. The van der Waals surface area contributed by atoms with E-state index in [1.807, 2.05) is 0 Å². The summed E-state index contributed by atoms with van der Waals surface area (Å²) < 4.78 is 5.07. The van der Waals surface area contributed by atoms with Crippen LogP contribution in [-0.2, 0) is 4.79 Å². The fourth-order valence-electron chi connectivity index (χ4n) is 2.12. The lowest BCUT2D eigenvalue weighted by Gasteiger charge is -2.20. The van der Waals surface area contributed by atoms with Gasteiger partial charge < -0.3 is 20.0 Å². The van der Waals surface area contributed by atoms with Crippen molar-refractivity contribution < 1.29 is 19.4 Å². The van der Waals surface area contributed by atoms with Crippen LogP contribution in [0.1, 0.15) is 28.4 Å². The molecule has 0 aromatic heterocycles. The standard InChI is InChI=1S/C17H16ClNO4/c1-23-14-4-2-3-12(9-14)17(22)19-15(10-16(20)21)11-5-7-13(18)8-6-11/h2-9,15H,10H2,1H3,(H,19,22)(H,20,21)/p-1. The maximum atomic E-state index is 12.3. The smallest absolute Gasteiger partial charge is 0.251 e. The lowest BCUT2D eigenvalue weighted by atomic mass is 10.0. The summed E-state index contributed by atoms with van der Waals surface area (Å²) in [6.07, 6.45) is -0.336. The van der Waals surface area contributed by atoms with Crippen LogP contribution < -0.4 is 15.2 Å². The Labute approximate surface area is 138 Å². The maximum absolute atomic E-state index is 12.3. The molecule has 1 amide bonds. The van der Waals surface area contributed by atoms with Crippen molar-refractivity contribution in [2.24, 2.45) is 0 Å². The molecule has 0 aliphatic carbocycles. The predicted molar refractivity (Wildman–Crippen MR) is 84.3 cm³/mol. The normalized spacial score (nSPS) is 11.6. The number of hydrogen-bond acceptors (Lipinski definition) is 4. The number of carbonyl (C=O) groups is 2. The first-order valence-corrected chi connectivity index (χ1v) is 7.27. The average molecular weight is 333 g/mol. The van der Waals surface area contributed by atoms with Crippen LogP contribution in [0.15, 0.2) is 48.5 Å². The molecular weight excluding hydrogens is 318 g/mol. The Morgan fingerprint density at radius 3 is 2.52 bits per heavy atom. The highest BCUT2D eigenvalue weighted by molar-refractivity contribution is 6.30. The SMILES string of the molecule is COc1cccc(C(=O)NC(CC(=O)[O-])c2ccc(Cl)cc2)c1. The Morgan fingerprint density at radius 1 is 1.22 bits per heavy atom. The maximum Gasteiger partial charge on any atom is 0.251 e. The van der Waals surface area contributed by atoms with E-state index < -0.39 is 17.9 Å². The molecule has 0 aliphatic heterocycles. The van der Waals surface area contributed by atoms with E-state index in [-0.39, 0.29) is 6.42 Å². The Hall–Kier alpha value is -2.53. The summed E-state index contributed by atoms with van der Waals surface area (Å²) in [5.74, 6) is -1.11. The lowest BCUT2D eigenvalue weighted by Crippen LogP contribution is -2.34. The van der Waals surface area contributed by atoms with Gasteiger partial charge in [0.25, 0.3) is 5.91 Å². The van der Waals surface area contributed by atoms with E-state index >= 15 is 0 Å². The highest BCUT2D eigenvalue weighted by atomic mass is 35.5. The fraction of sp³-hybridized carbons (Fsp3) is 0.176. The highest BCUT2D eigenvalue weighted by Gasteiger charge is 2.16. The quantitative estimate of drug-likeness (QED) is 0.877. The molecule has 0 saturated carbocycles. The molecule has 2 aromatic carbocycles. The van der Waals surface area contributed by atoms with Gasteiger partial charge in [-0.05, 0) is 35.9 Å². The van der Waals surface area contributed by atoms with Crippen LogP contribution in [0.2, 0.25) is 5.02 Å². The monoisotopic (exact) mass is 332 g/mol. The topological polar surface area (TPSA) is 78.5 Å². The van der Waals surface area contributed by atoms with Gasteiger partial charge in [0.1, 0.15) is 5.75 Å². The number of nitrogens with one attached hydrogen (secondary N) is 1. The molecule has 0 radical (unpaired) electrons. The van der Waals surface area contributed by atoms with Crippen molar-refractivity contribution in [2.45, 2.75) is 12.5 Å². The number of aliphatic carboxylic acids is 1. The zero-order valence-corrected chi connectivity index (χ0v) is 13.2. The number of methoxy groups -OCH3 is 1. The number of carboxylic acids is 1. The minimum atomic E-state index is -1.25. The van der Waals surface area contributed by atoms with Gasteiger partial charge in [-0.3, -0.25) is 4.79 Å². The third kappa shape index (κ3) is 4.72. The number of amides is 1. The molecule has 1 N–H and O–H groups in total. The number of rotatable bonds is 6. The molecule has 1 unspecified atom stereocenters. The van der Waals surface area contributed by atoms with Crippen molar-refractivity contribution >= 4 is 23.5 Å². The summed E-state index contributed by atoms with van der Waals surface area (Å²) in [5.41, 5.74) is 1.01. The third-order valence-corrected chi connectivity index (χ3v) is 3.53. The Kier molecular flexibility index (Phi) is 5.60. The van der Waals surface area contributed by atoms with Crippen molar-refractivity contribution in [3.63, 3.8) is 0 Å². The van der Waals surface area contributed by atoms with Crippen molar-refractivity contribution in [3.8, 4) is 5.75 Å². The third-order valence-electron chi connectivity index (χ3n) is 3.28. The number of hydrogen-bond donors (Lipinski definition) is 1. The van der Waals surface area contributed by atoms with Gasteiger partial charge in [-0.1, -0.05) is 29.8 Å². The first-order chi connectivity index (χ1) is 11.0. The van der Waals surface area contributed by atoms with E-state index in [0.29, 0.717) is 21.9 Å².